The minimum absolute atomic E-state index is 0.00484. The van der Waals surface area contributed by atoms with E-state index in [0.29, 0.717) is 28.9 Å². The molecule has 1 unspecified atom stereocenters. The zero-order chi connectivity index (χ0) is 18.8. The highest BCUT2D eigenvalue weighted by atomic mass is 35.5. The van der Waals surface area contributed by atoms with Crippen LogP contribution >= 0.6 is 11.6 Å². The number of alkyl carbamates (subject to hydrolysis) is 1. The van der Waals surface area contributed by atoms with Gasteiger partial charge in [-0.2, -0.15) is 0 Å². The molecule has 1 amide bonds. The van der Waals surface area contributed by atoms with Crippen molar-refractivity contribution in [2.24, 2.45) is 11.3 Å². The topological polar surface area (TPSA) is 50.4 Å². The summed E-state index contributed by atoms with van der Waals surface area (Å²) in [6.07, 6.45) is 0.723. The fourth-order valence-corrected chi connectivity index (χ4v) is 3.47. The molecule has 1 aliphatic carbocycles. The number of ether oxygens (including phenoxy) is 1. The lowest BCUT2D eigenvalue weighted by Crippen LogP contribution is -2.56. The van der Waals surface area contributed by atoms with Crippen LogP contribution in [0.5, 0.6) is 0 Å². The predicted molar refractivity (Wildman–Crippen MR) is 103 cm³/mol. The monoisotopic (exact) mass is 366 g/mol. The normalized spacial score (nSPS) is 23.5. The van der Waals surface area contributed by atoms with E-state index in [1.54, 1.807) is 0 Å². The van der Waals surface area contributed by atoms with E-state index in [2.05, 4.69) is 31.4 Å². The molecule has 0 bridgehead atoms. The molecule has 1 fully saturated rings. The molecule has 4 nitrogen and oxygen atoms in total. The van der Waals surface area contributed by atoms with Crippen molar-refractivity contribution < 1.29 is 9.53 Å². The van der Waals surface area contributed by atoms with Gasteiger partial charge >= 0.3 is 6.09 Å². The Morgan fingerprint density at radius 1 is 1.40 bits per heavy atom. The van der Waals surface area contributed by atoms with E-state index >= 15 is 0 Å². The molecule has 5 heteroatoms. The lowest BCUT2D eigenvalue weighted by molar-refractivity contribution is 0.0259. The van der Waals surface area contributed by atoms with E-state index in [1.807, 2.05) is 45.0 Å². The summed E-state index contributed by atoms with van der Waals surface area (Å²) in [5, 5.41) is 7.27. The highest BCUT2D eigenvalue weighted by Gasteiger charge is 2.44. The third kappa shape index (κ3) is 5.61. The van der Waals surface area contributed by atoms with Gasteiger partial charge in [-0.05, 0) is 56.2 Å². The molecule has 0 aromatic heterocycles. The van der Waals surface area contributed by atoms with Gasteiger partial charge in [-0.25, -0.2) is 4.79 Å². The summed E-state index contributed by atoms with van der Waals surface area (Å²) >= 11 is 6.16. The number of amides is 1. The van der Waals surface area contributed by atoms with Crippen molar-refractivity contribution >= 4 is 17.7 Å². The van der Waals surface area contributed by atoms with Crippen molar-refractivity contribution in [1.82, 2.24) is 10.6 Å². The molecule has 1 aromatic carbocycles. The average molecular weight is 367 g/mol. The van der Waals surface area contributed by atoms with E-state index in [4.69, 9.17) is 16.3 Å². The van der Waals surface area contributed by atoms with Crippen LogP contribution in [0.25, 0.3) is 0 Å². The predicted octanol–water partition coefficient (Wildman–Crippen LogP) is 4.93. The van der Waals surface area contributed by atoms with Gasteiger partial charge < -0.3 is 15.4 Å². The Morgan fingerprint density at radius 2 is 2.08 bits per heavy atom. The third-order valence-electron chi connectivity index (χ3n) is 5.10. The quantitative estimate of drug-likeness (QED) is 0.776. The molecular formula is C20H31ClN2O2. The Kier molecular flexibility index (Phi) is 6.05. The van der Waals surface area contributed by atoms with Gasteiger partial charge in [0.25, 0.3) is 0 Å². The molecule has 3 atom stereocenters. The largest absolute Gasteiger partial charge is 0.444 e. The first-order valence-electron chi connectivity index (χ1n) is 8.96. The van der Waals surface area contributed by atoms with E-state index in [1.165, 1.54) is 0 Å². The van der Waals surface area contributed by atoms with Gasteiger partial charge in [-0.1, -0.05) is 44.5 Å². The Labute approximate surface area is 156 Å². The van der Waals surface area contributed by atoms with Gasteiger partial charge in [0.15, 0.2) is 0 Å². The van der Waals surface area contributed by atoms with Crippen LogP contribution < -0.4 is 10.6 Å². The summed E-state index contributed by atoms with van der Waals surface area (Å²) in [4.78, 5) is 12.0. The summed E-state index contributed by atoms with van der Waals surface area (Å²) in [5.74, 6) is 0.579. The van der Waals surface area contributed by atoms with Crippen LogP contribution in [-0.4, -0.2) is 24.3 Å². The van der Waals surface area contributed by atoms with Crippen molar-refractivity contribution in [2.75, 3.05) is 6.54 Å². The van der Waals surface area contributed by atoms with Gasteiger partial charge in [-0.15, -0.1) is 0 Å². The van der Waals surface area contributed by atoms with E-state index < -0.39 is 11.7 Å². The minimum atomic E-state index is -0.504. The van der Waals surface area contributed by atoms with Crippen LogP contribution in [0.2, 0.25) is 5.02 Å². The number of hydrogen-bond acceptors (Lipinski definition) is 3. The first kappa shape index (κ1) is 20.1. The van der Waals surface area contributed by atoms with Crippen LogP contribution in [-0.2, 0) is 4.74 Å². The maximum atomic E-state index is 12.0. The molecule has 0 saturated heterocycles. The van der Waals surface area contributed by atoms with Crippen LogP contribution in [0.1, 0.15) is 59.6 Å². The number of rotatable bonds is 5. The summed E-state index contributed by atoms with van der Waals surface area (Å²) < 4.78 is 5.34. The van der Waals surface area contributed by atoms with Crippen molar-refractivity contribution in [2.45, 2.75) is 65.6 Å². The van der Waals surface area contributed by atoms with Crippen molar-refractivity contribution in [3.05, 3.63) is 34.9 Å². The van der Waals surface area contributed by atoms with Crippen LogP contribution in [0.15, 0.2) is 24.3 Å². The second-order valence-corrected chi connectivity index (χ2v) is 9.18. The zero-order valence-electron chi connectivity index (χ0n) is 16.2. The average Bonchev–Trinajstić information content (AvgIpc) is 2.48. The number of nitrogens with one attached hydrogen (secondary N) is 2. The molecule has 1 aromatic rings. The van der Waals surface area contributed by atoms with Crippen molar-refractivity contribution in [3.63, 3.8) is 0 Å². The molecular weight excluding hydrogens is 336 g/mol. The van der Waals surface area contributed by atoms with Crippen LogP contribution in [0.4, 0.5) is 4.79 Å². The number of carbonyl (C=O) groups excluding carboxylic acids is 1. The molecule has 0 spiro atoms. The maximum Gasteiger partial charge on any atom is 0.407 e. The Hall–Kier alpha value is -1.26. The summed E-state index contributed by atoms with van der Waals surface area (Å²) in [7, 11) is 0. The Bertz CT molecular complexity index is 610. The first-order chi connectivity index (χ1) is 11.5. The molecule has 1 aliphatic rings. The SMILES string of the molecule is C[C@@H]1[C@H](NC(CNC(=O)OC(C)(C)C)c2cccc(Cl)c2)CC1(C)C. The van der Waals surface area contributed by atoms with E-state index in [0.717, 1.165) is 12.0 Å². The Morgan fingerprint density at radius 3 is 2.60 bits per heavy atom. The summed E-state index contributed by atoms with van der Waals surface area (Å²) in [6.45, 7) is 12.9. The lowest BCUT2D eigenvalue weighted by atomic mass is 9.60. The first-order valence-corrected chi connectivity index (χ1v) is 9.34. The standard InChI is InChI=1S/C20H31ClN2O2/c1-13-16(11-20(13,5)6)23-17(14-8-7-9-15(21)10-14)12-22-18(24)25-19(2,3)4/h7-10,13,16-17,23H,11-12H2,1-6H3,(H,22,24)/t13-,16-,17?/m1/s1. The Balaban J connectivity index is 2.04. The van der Waals surface area contributed by atoms with Gasteiger partial charge in [0.2, 0.25) is 0 Å². The van der Waals surface area contributed by atoms with Gasteiger partial charge in [0, 0.05) is 17.6 Å². The maximum absolute atomic E-state index is 12.0. The van der Waals surface area contributed by atoms with Crippen LogP contribution in [0, 0.1) is 11.3 Å². The molecule has 140 valence electrons. The molecule has 2 N–H and O–H groups in total. The second kappa shape index (κ2) is 7.55. The van der Waals surface area contributed by atoms with Gasteiger partial charge in [-0.3, -0.25) is 0 Å². The zero-order valence-corrected chi connectivity index (χ0v) is 16.9. The third-order valence-corrected chi connectivity index (χ3v) is 5.33. The smallest absolute Gasteiger partial charge is 0.407 e. The number of hydrogen-bond donors (Lipinski definition) is 2. The van der Waals surface area contributed by atoms with Crippen molar-refractivity contribution in [1.29, 1.82) is 0 Å². The molecule has 1 saturated carbocycles. The lowest BCUT2D eigenvalue weighted by Gasteiger charge is -2.51. The fraction of sp³-hybridized carbons (Fsp3) is 0.650. The summed E-state index contributed by atoms with van der Waals surface area (Å²) in [5.41, 5.74) is 0.922. The van der Waals surface area contributed by atoms with E-state index in [9.17, 15) is 4.79 Å². The highest BCUT2D eigenvalue weighted by Crippen LogP contribution is 2.46. The molecule has 25 heavy (non-hydrogen) atoms. The fourth-order valence-electron chi connectivity index (χ4n) is 3.27. The van der Waals surface area contributed by atoms with E-state index in [-0.39, 0.29) is 6.04 Å². The molecule has 0 radical (unpaired) electrons. The minimum Gasteiger partial charge on any atom is -0.444 e. The second-order valence-electron chi connectivity index (χ2n) is 8.74. The van der Waals surface area contributed by atoms with Crippen LogP contribution in [0.3, 0.4) is 0 Å². The number of benzene rings is 1. The molecule has 0 aliphatic heterocycles. The van der Waals surface area contributed by atoms with Gasteiger partial charge in [0.05, 0.1) is 6.04 Å². The molecule has 2 rings (SSSR count). The van der Waals surface area contributed by atoms with Gasteiger partial charge in [0.1, 0.15) is 5.60 Å². The number of halogens is 1. The molecule has 0 heterocycles. The van der Waals surface area contributed by atoms with Crippen molar-refractivity contribution in [3.8, 4) is 0 Å². The highest BCUT2D eigenvalue weighted by molar-refractivity contribution is 6.30. The number of carbonyl (C=O) groups is 1. The summed E-state index contributed by atoms with van der Waals surface area (Å²) in [6, 6.07) is 8.21.